The molecular formula is C20H18F2N4O. The van der Waals surface area contributed by atoms with Gasteiger partial charge in [0.25, 0.3) is 5.91 Å². The number of rotatable bonds is 2. The summed E-state index contributed by atoms with van der Waals surface area (Å²) in [5.74, 6) is -1.51. The zero-order valence-corrected chi connectivity index (χ0v) is 15.1. The van der Waals surface area contributed by atoms with Crippen molar-refractivity contribution < 1.29 is 13.6 Å². The Morgan fingerprint density at radius 3 is 2.56 bits per heavy atom. The van der Waals surface area contributed by atoms with E-state index in [4.69, 9.17) is 0 Å². The number of carbonyl (C=O) groups is 1. The minimum atomic E-state index is -0.696. The summed E-state index contributed by atoms with van der Waals surface area (Å²) in [5.41, 5.74) is 3.69. The van der Waals surface area contributed by atoms with E-state index in [-0.39, 0.29) is 11.6 Å². The lowest BCUT2D eigenvalue weighted by Gasteiger charge is -2.36. The largest absolute Gasteiger partial charge is 0.350 e. The number of carbonyl (C=O) groups excluding carboxylic acids is 1. The van der Waals surface area contributed by atoms with Crippen LogP contribution in [0.25, 0.3) is 5.69 Å². The van der Waals surface area contributed by atoms with E-state index in [9.17, 15) is 13.6 Å². The molecule has 1 aliphatic rings. The number of aromatic nitrogens is 2. The lowest BCUT2D eigenvalue weighted by Crippen LogP contribution is -2.45. The van der Waals surface area contributed by atoms with E-state index in [0.717, 1.165) is 17.3 Å². The summed E-state index contributed by atoms with van der Waals surface area (Å²) in [4.78, 5) is 14.5. The molecular weight excluding hydrogens is 350 g/mol. The number of nitrogens with one attached hydrogen (secondary N) is 1. The summed E-state index contributed by atoms with van der Waals surface area (Å²) < 4.78 is 28.9. The van der Waals surface area contributed by atoms with Crippen molar-refractivity contribution in [2.24, 2.45) is 0 Å². The molecule has 3 aromatic rings. The van der Waals surface area contributed by atoms with Gasteiger partial charge in [0.05, 0.1) is 16.9 Å². The Labute approximate surface area is 155 Å². The van der Waals surface area contributed by atoms with E-state index in [0.29, 0.717) is 17.0 Å². The van der Waals surface area contributed by atoms with Gasteiger partial charge in [-0.15, -0.1) is 0 Å². The molecule has 0 saturated heterocycles. The van der Waals surface area contributed by atoms with Crippen LogP contribution in [0.2, 0.25) is 0 Å². The fourth-order valence-corrected chi connectivity index (χ4v) is 3.61. The Hall–Kier alpha value is -3.22. The minimum absolute atomic E-state index is 0.161. The first kappa shape index (κ1) is 17.2. The van der Waals surface area contributed by atoms with Gasteiger partial charge in [-0.3, -0.25) is 4.79 Å². The standard InChI is InChI=1S/C20H18F2N4O/c1-11-18(12(2)26(24-11)17-9-8-13(21)10-15(17)22)19-23-20(27)14-6-4-5-7-16(14)25(19)3/h4-10,19H,1-3H3,(H,23,27). The molecule has 27 heavy (non-hydrogen) atoms. The van der Waals surface area contributed by atoms with E-state index >= 15 is 0 Å². The summed E-state index contributed by atoms with van der Waals surface area (Å²) in [5, 5.41) is 7.43. The fourth-order valence-electron chi connectivity index (χ4n) is 3.61. The van der Waals surface area contributed by atoms with Crippen molar-refractivity contribution in [3.05, 3.63) is 76.6 Å². The Kier molecular flexibility index (Phi) is 3.95. The number of fused-ring (bicyclic) bond motifs is 1. The first-order valence-electron chi connectivity index (χ1n) is 8.52. The molecule has 0 aliphatic carbocycles. The third kappa shape index (κ3) is 2.66. The van der Waals surface area contributed by atoms with Crippen molar-refractivity contribution >= 4 is 11.6 Å². The number of halogens is 2. The Morgan fingerprint density at radius 1 is 1.07 bits per heavy atom. The van der Waals surface area contributed by atoms with Gasteiger partial charge >= 0.3 is 0 Å². The van der Waals surface area contributed by atoms with E-state index < -0.39 is 17.8 Å². The van der Waals surface area contributed by atoms with Crippen LogP contribution in [0, 0.1) is 25.5 Å². The maximum atomic E-state index is 14.3. The van der Waals surface area contributed by atoms with Gasteiger partial charge in [0, 0.05) is 24.4 Å². The Morgan fingerprint density at radius 2 is 1.81 bits per heavy atom. The summed E-state index contributed by atoms with van der Waals surface area (Å²) in [7, 11) is 1.89. The molecule has 1 aliphatic heterocycles. The van der Waals surface area contributed by atoms with Gasteiger partial charge in [-0.2, -0.15) is 5.10 Å². The summed E-state index contributed by atoms with van der Waals surface area (Å²) in [6.45, 7) is 3.61. The fraction of sp³-hybridized carbons (Fsp3) is 0.200. The lowest BCUT2D eigenvalue weighted by molar-refractivity contribution is 0.0928. The number of anilines is 1. The molecule has 0 radical (unpaired) electrons. The van der Waals surface area contributed by atoms with Gasteiger partial charge < -0.3 is 10.2 Å². The van der Waals surface area contributed by atoms with Crippen molar-refractivity contribution in [2.75, 3.05) is 11.9 Å². The van der Waals surface area contributed by atoms with Gasteiger partial charge in [0.2, 0.25) is 0 Å². The number of hydrogen-bond donors (Lipinski definition) is 1. The van der Waals surface area contributed by atoms with Gasteiger partial charge in [-0.25, -0.2) is 13.5 Å². The van der Waals surface area contributed by atoms with Crippen molar-refractivity contribution in [3.8, 4) is 5.69 Å². The second-order valence-corrected chi connectivity index (χ2v) is 6.60. The SMILES string of the molecule is Cc1nn(-c2ccc(F)cc2F)c(C)c1C1NC(=O)c2ccccc2N1C. The molecule has 0 saturated carbocycles. The molecule has 1 unspecified atom stereocenters. The molecule has 4 rings (SSSR count). The molecule has 0 spiro atoms. The quantitative estimate of drug-likeness (QED) is 0.751. The van der Waals surface area contributed by atoms with Gasteiger partial charge in [0.15, 0.2) is 5.82 Å². The predicted octanol–water partition coefficient (Wildman–Crippen LogP) is 3.65. The van der Waals surface area contributed by atoms with Crippen LogP contribution in [0.5, 0.6) is 0 Å². The topological polar surface area (TPSA) is 50.2 Å². The minimum Gasteiger partial charge on any atom is -0.350 e. The average molecular weight is 368 g/mol. The third-order valence-electron chi connectivity index (χ3n) is 4.94. The molecule has 1 N–H and O–H groups in total. The predicted molar refractivity (Wildman–Crippen MR) is 98.0 cm³/mol. The number of benzene rings is 2. The van der Waals surface area contributed by atoms with E-state index in [1.165, 1.54) is 16.8 Å². The van der Waals surface area contributed by atoms with Gasteiger partial charge in [-0.05, 0) is 38.1 Å². The summed E-state index contributed by atoms with van der Waals surface area (Å²) in [6.07, 6.45) is -0.440. The maximum Gasteiger partial charge on any atom is 0.255 e. The molecule has 2 heterocycles. The van der Waals surface area contributed by atoms with Crippen LogP contribution in [-0.4, -0.2) is 22.7 Å². The molecule has 1 aromatic heterocycles. The number of amides is 1. The van der Waals surface area contributed by atoms with Crippen LogP contribution < -0.4 is 10.2 Å². The molecule has 138 valence electrons. The van der Waals surface area contributed by atoms with E-state index in [1.54, 1.807) is 19.9 Å². The smallest absolute Gasteiger partial charge is 0.255 e. The van der Waals surface area contributed by atoms with Crippen molar-refractivity contribution in [3.63, 3.8) is 0 Å². The number of para-hydroxylation sites is 1. The zero-order chi connectivity index (χ0) is 19.3. The highest BCUT2D eigenvalue weighted by molar-refractivity contribution is 6.02. The van der Waals surface area contributed by atoms with Crippen molar-refractivity contribution in [1.82, 2.24) is 15.1 Å². The first-order chi connectivity index (χ1) is 12.9. The normalized spacial score (nSPS) is 16.3. The van der Waals surface area contributed by atoms with Gasteiger partial charge in [0.1, 0.15) is 17.7 Å². The van der Waals surface area contributed by atoms with E-state index in [1.807, 2.05) is 30.1 Å². The summed E-state index contributed by atoms with van der Waals surface area (Å²) >= 11 is 0. The molecule has 2 aromatic carbocycles. The highest BCUT2D eigenvalue weighted by Gasteiger charge is 2.33. The van der Waals surface area contributed by atoms with Crippen LogP contribution in [0.15, 0.2) is 42.5 Å². The van der Waals surface area contributed by atoms with Crippen molar-refractivity contribution in [1.29, 1.82) is 0 Å². The van der Waals surface area contributed by atoms with Crippen LogP contribution in [0.3, 0.4) is 0 Å². The maximum absolute atomic E-state index is 14.3. The zero-order valence-electron chi connectivity index (χ0n) is 15.1. The molecule has 5 nitrogen and oxygen atoms in total. The molecule has 7 heteroatoms. The van der Waals surface area contributed by atoms with Crippen LogP contribution in [-0.2, 0) is 0 Å². The summed E-state index contributed by atoms with van der Waals surface area (Å²) in [6, 6.07) is 10.7. The number of hydrogen-bond acceptors (Lipinski definition) is 3. The van der Waals surface area contributed by atoms with Crippen molar-refractivity contribution in [2.45, 2.75) is 20.0 Å². The van der Waals surface area contributed by atoms with Crippen LogP contribution in [0.4, 0.5) is 14.5 Å². The first-order valence-corrected chi connectivity index (χ1v) is 8.52. The van der Waals surface area contributed by atoms with E-state index in [2.05, 4.69) is 10.4 Å². The Bertz CT molecular complexity index is 1060. The lowest BCUT2D eigenvalue weighted by atomic mass is 10.0. The van der Waals surface area contributed by atoms with Crippen LogP contribution >= 0.6 is 0 Å². The monoisotopic (exact) mass is 368 g/mol. The third-order valence-corrected chi connectivity index (χ3v) is 4.94. The highest BCUT2D eigenvalue weighted by atomic mass is 19.1. The van der Waals surface area contributed by atoms with Crippen LogP contribution in [0.1, 0.15) is 33.5 Å². The molecule has 0 fully saturated rings. The molecule has 1 atom stereocenters. The molecule has 0 bridgehead atoms. The highest BCUT2D eigenvalue weighted by Crippen LogP contribution is 2.34. The Balaban J connectivity index is 1.82. The number of nitrogens with zero attached hydrogens (tertiary/aromatic N) is 3. The second-order valence-electron chi connectivity index (χ2n) is 6.60. The average Bonchev–Trinajstić information content (AvgIpc) is 2.92. The molecule has 1 amide bonds. The van der Waals surface area contributed by atoms with Gasteiger partial charge in [-0.1, -0.05) is 12.1 Å². The number of aryl methyl sites for hydroxylation is 1. The second kappa shape index (κ2) is 6.19.